The Morgan fingerprint density at radius 3 is 2.83 bits per heavy atom. The Bertz CT molecular complexity index is 837. The second-order valence-electron chi connectivity index (χ2n) is 6.98. The lowest BCUT2D eigenvalue weighted by Gasteiger charge is -2.47. The fourth-order valence-electron chi connectivity index (χ4n) is 3.32. The first-order valence-corrected chi connectivity index (χ1v) is 9.73. The molecular formula is C19H26N8O3. The van der Waals surface area contributed by atoms with Crippen LogP contribution in [-0.2, 0) is 16.3 Å². The molecule has 0 bridgehead atoms. The highest BCUT2D eigenvalue weighted by Gasteiger charge is 2.41. The number of fused-ring (bicyclic) bond motifs is 1. The molecule has 2 aliphatic rings. The third-order valence-electron chi connectivity index (χ3n) is 4.78. The maximum Gasteiger partial charge on any atom is 0.251 e. The second-order valence-corrected chi connectivity index (χ2v) is 6.98. The van der Waals surface area contributed by atoms with E-state index in [2.05, 4.69) is 26.5 Å². The molecule has 11 nitrogen and oxygen atoms in total. The highest BCUT2D eigenvalue weighted by atomic mass is 17.0. The van der Waals surface area contributed by atoms with Gasteiger partial charge in [0.25, 0.3) is 5.91 Å². The summed E-state index contributed by atoms with van der Waals surface area (Å²) in [6.45, 7) is 1.38. The number of hydrogen-bond donors (Lipinski definition) is 5. The summed E-state index contributed by atoms with van der Waals surface area (Å²) in [5, 5.41) is 9.26. The largest absolute Gasteiger partial charge is 0.351 e. The SMILES string of the molecule is CN1OC2NC(c3ccc(C(=O)NCCN)cc3)NNC2N(Cc2cccnc2)O1. The van der Waals surface area contributed by atoms with Crippen molar-refractivity contribution < 1.29 is 14.6 Å². The lowest BCUT2D eigenvalue weighted by Crippen LogP contribution is -2.72. The number of hydroxylamine groups is 4. The molecule has 3 unspecified atom stereocenters. The first-order valence-electron chi connectivity index (χ1n) is 9.73. The molecular weight excluding hydrogens is 388 g/mol. The van der Waals surface area contributed by atoms with Gasteiger partial charge in [-0.1, -0.05) is 18.2 Å². The highest BCUT2D eigenvalue weighted by molar-refractivity contribution is 5.94. The minimum atomic E-state index is -0.376. The summed E-state index contributed by atoms with van der Waals surface area (Å²) >= 11 is 0. The summed E-state index contributed by atoms with van der Waals surface area (Å²) in [6.07, 6.45) is 2.65. The van der Waals surface area contributed by atoms with Gasteiger partial charge in [-0.25, -0.2) is 10.9 Å². The molecule has 4 rings (SSSR count). The average Bonchev–Trinajstić information content (AvgIpc) is 2.77. The lowest BCUT2D eigenvalue weighted by atomic mass is 10.1. The quantitative estimate of drug-likeness (QED) is 0.416. The summed E-state index contributed by atoms with van der Waals surface area (Å²) in [4.78, 5) is 27.7. The van der Waals surface area contributed by atoms with Crippen LogP contribution in [0.3, 0.4) is 0 Å². The average molecular weight is 414 g/mol. The van der Waals surface area contributed by atoms with Gasteiger partial charge < -0.3 is 11.1 Å². The fourth-order valence-corrected chi connectivity index (χ4v) is 3.32. The summed E-state index contributed by atoms with van der Waals surface area (Å²) in [6, 6.07) is 11.2. The van der Waals surface area contributed by atoms with E-state index in [1.807, 2.05) is 24.3 Å². The van der Waals surface area contributed by atoms with E-state index in [1.54, 1.807) is 36.6 Å². The van der Waals surface area contributed by atoms with Gasteiger partial charge in [0.1, 0.15) is 6.17 Å². The van der Waals surface area contributed by atoms with Gasteiger partial charge >= 0.3 is 0 Å². The van der Waals surface area contributed by atoms with Gasteiger partial charge in [0.15, 0.2) is 6.23 Å². The molecule has 30 heavy (non-hydrogen) atoms. The first-order chi connectivity index (χ1) is 14.6. The molecule has 160 valence electrons. The molecule has 0 spiro atoms. The van der Waals surface area contributed by atoms with Crippen molar-refractivity contribution in [2.45, 2.75) is 25.1 Å². The van der Waals surface area contributed by atoms with Crippen LogP contribution in [-0.4, -0.2) is 53.7 Å². The van der Waals surface area contributed by atoms with E-state index >= 15 is 0 Å². The minimum absolute atomic E-state index is 0.143. The number of hydrogen-bond acceptors (Lipinski definition) is 10. The van der Waals surface area contributed by atoms with Crippen LogP contribution >= 0.6 is 0 Å². The number of nitrogens with zero attached hydrogens (tertiary/aromatic N) is 3. The zero-order chi connectivity index (χ0) is 20.9. The number of hydrazine groups is 1. The van der Waals surface area contributed by atoms with Gasteiger partial charge in [-0.2, -0.15) is 4.94 Å². The molecule has 11 heteroatoms. The van der Waals surface area contributed by atoms with Gasteiger partial charge in [-0.3, -0.25) is 19.9 Å². The van der Waals surface area contributed by atoms with Crippen LogP contribution in [0.5, 0.6) is 0 Å². The smallest absolute Gasteiger partial charge is 0.251 e. The molecule has 2 saturated heterocycles. The Labute approximate surface area is 174 Å². The molecule has 2 fully saturated rings. The number of nitrogens with two attached hydrogens (primary N) is 1. The van der Waals surface area contributed by atoms with E-state index in [-0.39, 0.29) is 24.5 Å². The van der Waals surface area contributed by atoms with E-state index in [0.29, 0.717) is 25.2 Å². The number of pyridine rings is 1. The summed E-state index contributed by atoms with van der Waals surface area (Å²) in [7, 11) is 1.69. The predicted octanol–water partition coefficient (Wildman–Crippen LogP) is -0.656. The summed E-state index contributed by atoms with van der Waals surface area (Å²) in [5.74, 6) is -0.143. The van der Waals surface area contributed by atoms with Crippen LogP contribution in [0.1, 0.15) is 27.7 Å². The second kappa shape index (κ2) is 9.55. The van der Waals surface area contributed by atoms with Crippen molar-refractivity contribution in [3.05, 3.63) is 65.5 Å². The van der Waals surface area contributed by atoms with Crippen LogP contribution in [0.2, 0.25) is 0 Å². The van der Waals surface area contributed by atoms with Crippen molar-refractivity contribution in [2.24, 2.45) is 5.73 Å². The summed E-state index contributed by atoms with van der Waals surface area (Å²) < 4.78 is 0. The third-order valence-corrected chi connectivity index (χ3v) is 4.78. The number of benzene rings is 1. The highest BCUT2D eigenvalue weighted by Crippen LogP contribution is 2.23. The van der Waals surface area contributed by atoms with Gasteiger partial charge in [0.05, 0.1) is 12.7 Å². The van der Waals surface area contributed by atoms with E-state index < -0.39 is 0 Å². The lowest BCUT2D eigenvalue weighted by molar-refractivity contribution is -0.520. The van der Waals surface area contributed by atoms with E-state index in [0.717, 1.165) is 11.1 Å². The number of rotatable bonds is 6. The number of carbonyl (C=O) groups is 1. The molecule has 3 heterocycles. The Kier molecular flexibility index (Phi) is 6.62. The molecule has 2 aliphatic heterocycles. The van der Waals surface area contributed by atoms with Crippen LogP contribution < -0.4 is 27.2 Å². The zero-order valence-electron chi connectivity index (χ0n) is 16.6. The minimum Gasteiger partial charge on any atom is -0.351 e. The van der Waals surface area contributed by atoms with Crippen LogP contribution in [0.15, 0.2) is 48.8 Å². The first kappa shape index (κ1) is 20.8. The van der Waals surface area contributed by atoms with Gasteiger partial charge in [-0.15, -0.1) is 5.06 Å². The third kappa shape index (κ3) is 4.80. The van der Waals surface area contributed by atoms with Crippen molar-refractivity contribution in [3.8, 4) is 0 Å². The molecule has 0 aliphatic carbocycles. The van der Waals surface area contributed by atoms with Crippen molar-refractivity contribution in [1.29, 1.82) is 0 Å². The molecule has 0 radical (unpaired) electrons. The molecule has 3 atom stereocenters. The molecule has 1 aromatic carbocycles. The maximum atomic E-state index is 12.0. The van der Waals surface area contributed by atoms with Crippen molar-refractivity contribution in [2.75, 3.05) is 20.1 Å². The monoisotopic (exact) mass is 414 g/mol. The topological polar surface area (TPSA) is 129 Å². The standard InChI is InChI=1S/C19H26N8O3/c1-26-29-19-17(27(30-26)12-13-3-2-9-21-11-13)25-24-16(23-19)14-4-6-15(7-5-14)18(28)22-10-8-20/h2-7,9,11,16-17,19,23-25H,8,10,12,20H2,1H3,(H,22,28). The fraction of sp³-hybridized carbons (Fsp3) is 0.368. The molecule has 6 N–H and O–H groups in total. The molecule has 1 amide bonds. The number of nitrogens with one attached hydrogen (secondary N) is 4. The Balaban J connectivity index is 1.41. The number of carbonyl (C=O) groups excluding carboxylic acids is 1. The number of amides is 1. The predicted molar refractivity (Wildman–Crippen MR) is 107 cm³/mol. The van der Waals surface area contributed by atoms with E-state index in [9.17, 15) is 4.79 Å². The van der Waals surface area contributed by atoms with Gasteiger partial charge in [0.2, 0.25) is 0 Å². The van der Waals surface area contributed by atoms with Crippen LogP contribution in [0.25, 0.3) is 0 Å². The maximum absolute atomic E-state index is 12.0. The Hall–Kier alpha value is -2.48. The van der Waals surface area contributed by atoms with Crippen LogP contribution in [0.4, 0.5) is 0 Å². The zero-order valence-corrected chi connectivity index (χ0v) is 16.6. The molecule has 0 saturated carbocycles. The summed E-state index contributed by atoms with van der Waals surface area (Å²) in [5.41, 5.74) is 14.5. The van der Waals surface area contributed by atoms with Gasteiger partial charge in [0, 0.05) is 38.1 Å². The van der Waals surface area contributed by atoms with E-state index in [4.69, 9.17) is 15.5 Å². The normalized spacial score (nSPS) is 24.9. The van der Waals surface area contributed by atoms with Gasteiger partial charge in [-0.05, 0) is 34.6 Å². The van der Waals surface area contributed by atoms with Crippen molar-refractivity contribution in [1.82, 2.24) is 36.8 Å². The Morgan fingerprint density at radius 1 is 1.27 bits per heavy atom. The number of aromatic nitrogens is 1. The van der Waals surface area contributed by atoms with Crippen molar-refractivity contribution in [3.63, 3.8) is 0 Å². The molecule has 1 aromatic heterocycles. The van der Waals surface area contributed by atoms with E-state index in [1.165, 1.54) is 5.23 Å². The van der Waals surface area contributed by atoms with Crippen molar-refractivity contribution >= 4 is 5.91 Å². The molecule has 2 aromatic rings. The Morgan fingerprint density at radius 2 is 2.10 bits per heavy atom. The van der Waals surface area contributed by atoms with Crippen LogP contribution in [0, 0.1) is 0 Å².